The SMILES string of the molecule is NCCCCC1NC(=O)C(CCC(=O)O)NC(=O)c2cc([N+](=O)[O-])ccc2OCC[C@H](C(=O)NCC(=O)O)NC1=O. The largest absolute Gasteiger partial charge is 0.493 e. The number of hydrogen-bond donors (Lipinski definition) is 7. The quantitative estimate of drug-likeness (QED) is 0.0908. The molecule has 4 amide bonds. The Morgan fingerprint density at radius 3 is 2.34 bits per heavy atom. The fourth-order valence-corrected chi connectivity index (χ4v) is 3.86. The molecule has 8 N–H and O–H groups in total. The Labute approximate surface area is 233 Å². The van der Waals surface area contributed by atoms with Gasteiger partial charge in [0.05, 0.1) is 17.1 Å². The van der Waals surface area contributed by atoms with Gasteiger partial charge in [-0.25, -0.2) is 0 Å². The average Bonchev–Trinajstić information content (AvgIpc) is 2.91. The molecule has 0 saturated carbocycles. The van der Waals surface area contributed by atoms with Crippen LogP contribution in [0.15, 0.2) is 18.2 Å². The summed E-state index contributed by atoms with van der Waals surface area (Å²) in [6.07, 6.45) is -0.174. The second kappa shape index (κ2) is 15.7. The van der Waals surface area contributed by atoms with E-state index in [1.807, 2.05) is 0 Å². The Kier molecular flexibility index (Phi) is 12.4. The molecule has 0 aromatic heterocycles. The molecule has 17 heteroatoms. The normalized spacial score (nSPS) is 19.7. The smallest absolute Gasteiger partial charge is 0.322 e. The van der Waals surface area contributed by atoms with Crippen molar-refractivity contribution in [1.29, 1.82) is 0 Å². The number of nitro benzene ring substituents is 1. The molecule has 0 fully saturated rings. The Hall–Kier alpha value is -4.80. The Bertz CT molecular complexity index is 1170. The van der Waals surface area contributed by atoms with E-state index in [1.54, 1.807) is 0 Å². The second-order valence-corrected chi connectivity index (χ2v) is 9.05. The van der Waals surface area contributed by atoms with E-state index in [-0.39, 0.29) is 37.2 Å². The van der Waals surface area contributed by atoms with Gasteiger partial charge < -0.3 is 42.0 Å². The van der Waals surface area contributed by atoms with Crippen LogP contribution in [0.1, 0.15) is 48.9 Å². The number of nitrogens with two attached hydrogens (primary N) is 1. The van der Waals surface area contributed by atoms with E-state index in [2.05, 4.69) is 21.3 Å². The predicted molar refractivity (Wildman–Crippen MR) is 139 cm³/mol. The van der Waals surface area contributed by atoms with Crippen molar-refractivity contribution in [1.82, 2.24) is 21.3 Å². The van der Waals surface area contributed by atoms with Crippen molar-refractivity contribution in [3.05, 3.63) is 33.9 Å². The van der Waals surface area contributed by atoms with Crippen molar-refractivity contribution in [2.75, 3.05) is 19.7 Å². The number of carbonyl (C=O) groups is 6. The van der Waals surface area contributed by atoms with Gasteiger partial charge in [-0.15, -0.1) is 0 Å². The van der Waals surface area contributed by atoms with E-state index in [9.17, 15) is 38.9 Å². The summed E-state index contributed by atoms with van der Waals surface area (Å²) in [6.45, 7) is -0.737. The number of carbonyl (C=O) groups excluding carboxylic acids is 4. The minimum atomic E-state index is -1.46. The van der Waals surface area contributed by atoms with Crippen molar-refractivity contribution in [3.63, 3.8) is 0 Å². The number of fused-ring (bicyclic) bond motifs is 1. The maximum atomic E-state index is 13.2. The minimum absolute atomic E-state index is 0.0728. The molecule has 17 nitrogen and oxygen atoms in total. The number of unbranched alkanes of at least 4 members (excludes halogenated alkanes) is 1. The van der Waals surface area contributed by atoms with Gasteiger partial charge >= 0.3 is 11.9 Å². The zero-order valence-electron chi connectivity index (χ0n) is 21.9. The number of carboxylic acid groups (broad SMARTS) is 2. The van der Waals surface area contributed by atoms with Crippen LogP contribution in [0.5, 0.6) is 5.75 Å². The van der Waals surface area contributed by atoms with E-state index in [0.29, 0.717) is 19.4 Å². The minimum Gasteiger partial charge on any atom is -0.493 e. The lowest BCUT2D eigenvalue weighted by atomic mass is 10.0. The molecule has 224 valence electrons. The zero-order chi connectivity index (χ0) is 30.5. The standard InChI is InChI=1S/C24H32N6O11/c25-9-2-1-3-15-23(37)29-17(22(36)26-12-20(33)34)8-10-41-18-6-4-13(30(39)40)11-14(18)21(35)27-16(24(38)28-15)5-7-19(31)32/h4,6,11,15-17H,1-3,5,7-10,12,25H2,(H,26,36)(H,27,35)(H,28,38)(H,29,37)(H,31,32)(H,33,34)/t15?,16?,17-/m1/s1. The van der Waals surface area contributed by atoms with Gasteiger partial charge in [0.25, 0.3) is 11.6 Å². The summed E-state index contributed by atoms with van der Waals surface area (Å²) in [5.74, 6) is -6.29. The van der Waals surface area contributed by atoms with Crippen LogP contribution >= 0.6 is 0 Å². The van der Waals surface area contributed by atoms with Crippen LogP contribution in [0.25, 0.3) is 0 Å². The third-order valence-electron chi connectivity index (χ3n) is 5.98. The maximum absolute atomic E-state index is 13.2. The number of amides is 4. The van der Waals surface area contributed by atoms with Crippen molar-refractivity contribution in [2.45, 2.75) is 56.7 Å². The lowest BCUT2D eigenvalue weighted by molar-refractivity contribution is -0.384. The molecule has 2 rings (SSSR count). The monoisotopic (exact) mass is 580 g/mol. The molecule has 1 aliphatic heterocycles. The van der Waals surface area contributed by atoms with Gasteiger partial charge in [-0.1, -0.05) is 0 Å². The summed E-state index contributed by atoms with van der Waals surface area (Å²) in [4.78, 5) is 84.9. The highest BCUT2D eigenvalue weighted by Crippen LogP contribution is 2.25. The lowest BCUT2D eigenvalue weighted by Crippen LogP contribution is -2.57. The highest BCUT2D eigenvalue weighted by atomic mass is 16.6. The molecular formula is C24H32N6O11. The van der Waals surface area contributed by atoms with Crippen molar-refractivity contribution >= 4 is 41.3 Å². The van der Waals surface area contributed by atoms with Crippen molar-refractivity contribution in [3.8, 4) is 5.75 Å². The van der Waals surface area contributed by atoms with E-state index in [0.717, 1.165) is 18.2 Å². The molecule has 1 aliphatic rings. The predicted octanol–water partition coefficient (Wildman–Crippen LogP) is -1.36. The molecule has 0 aliphatic carbocycles. The van der Waals surface area contributed by atoms with Gasteiger partial charge in [-0.2, -0.15) is 0 Å². The number of rotatable bonds is 11. The third kappa shape index (κ3) is 10.4. The average molecular weight is 581 g/mol. The van der Waals surface area contributed by atoms with Gasteiger partial charge in [0.2, 0.25) is 17.7 Å². The number of aliphatic carboxylic acids is 2. The first kappa shape index (κ1) is 32.4. The van der Waals surface area contributed by atoms with Crippen LogP contribution in [0.4, 0.5) is 5.69 Å². The number of hydrogen-bond acceptors (Lipinski definition) is 10. The number of nitrogens with one attached hydrogen (secondary N) is 4. The molecular weight excluding hydrogens is 548 g/mol. The molecule has 3 atom stereocenters. The summed E-state index contributed by atoms with van der Waals surface area (Å²) in [6, 6.07) is -0.905. The zero-order valence-corrected chi connectivity index (χ0v) is 21.9. The Balaban J connectivity index is 2.51. The van der Waals surface area contributed by atoms with Crippen LogP contribution in [0.3, 0.4) is 0 Å². The second-order valence-electron chi connectivity index (χ2n) is 9.05. The summed E-state index contributed by atoms with van der Waals surface area (Å²) >= 11 is 0. The number of carboxylic acids is 2. The first-order chi connectivity index (χ1) is 19.4. The maximum Gasteiger partial charge on any atom is 0.322 e. The topological polar surface area (TPSA) is 269 Å². The highest BCUT2D eigenvalue weighted by Gasteiger charge is 2.31. The number of nitro groups is 1. The summed E-state index contributed by atoms with van der Waals surface area (Å²) in [7, 11) is 0. The number of ether oxygens (including phenoxy) is 1. The number of benzene rings is 1. The van der Waals surface area contributed by atoms with E-state index in [4.69, 9.17) is 20.7 Å². The van der Waals surface area contributed by atoms with Crippen LogP contribution in [-0.4, -0.2) is 88.5 Å². The summed E-state index contributed by atoms with van der Waals surface area (Å²) in [5, 5.41) is 38.8. The first-order valence-electron chi connectivity index (χ1n) is 12.7. The fourth-order valence-electron chi connectivity index (χ4n) is 3.86. The first-order valence-corrected chi connectivity index (χ1v) is 12.7. The van der Waals surface area contributed by atoms with Gasteiger partial charge in [-0.05, 0) is 38.3 Å². The highest BCUT2D eigenvalue weighted by molar-refractivity contribution is 6.01. The molecule has 1 heterocycles. The van der Waals surface area contributed by atoms with E-state index < -0.39 is 77.3 Å². The van der Waals surface area contributed by atoms with Gasteiger partial charge in [0.1, 0.15) is 30.4 Å². The lowest BCUT2D eigenvalue weighted by Gasteiger charge is -2.26. The van der Waals surface area contributed by atoms with E-state index >= 15 is 0 Å². The molecule has 1 aromatic rings. The molecule has 0 bridgehead atoms. The molecule has 0 spiro atoms. The van der Waals surface area contributed by atoms with E-state index in [1.165, 1.54) is 0 Å². The van der Waals surface area contributed by atoms with Crippen LogP contribution in [0.2, 0.25) is 0 Å². The Morgan fingerprint density at radius 2 is 1.71 bits per heavy atom. The molecule has 2 unspecified atom stereocenters. The van der Waals surface area contributed by atoms with Crippen LogP contribution < -0.4 is 31.7 Å². The van der Waals surface area contributed by atoms with Crippen molar-refractivity contribution in [2.24, 2.45) is 5.73 Å². The summed E-state index contributed by atoms with van der Waals surface area (Å²) in [5.41, 5.74) is 4.72. The van der Waals surface area contributed by atoms with Crippen LogP contribution in [0, 0.1) is 10.1 Å². The van der Waals surface area contributed by atoms with Gasteiger partial charge in [0, 0.05) is 25.0 Å². The van der Waals surface area contributed by atoms with Gasteiger partial charge in [0.15, 0.2) is 0 Å². The third-order valence-corrected chi connectivity index (χ3v) is 5.98. The summed E-state index contributed by atoms with van der Waals surface area (Å²) < 4.78 is 5.61. The van der Waals surface area contributed by atoms with Crippen molar-refractivity contribution < 1.29 is 48.6 Å². The Morgan fingerprint density at radius 1 is 1.02 bits per heavy atom. The molecule has 0 saturated heterocycles. The molecule has 41 heavy (non-hydrogen) atoms. The number of non-ortho nitro benzene ring substituents is 1. The number of nitrogens with zero attached hydrogens (tertiary/aromatic N) is 1. The van der Waals surface area contributed by atoms with Crippen LogP contribution in [-0.2, 0) is 24.0 Å². The fraction of sp³-hybridized carbons (Fsp3) is 0.500. The molecule has 1 aromatic carbocycles. The molecule has 0 radical (unpaired) electrons. The van der Waals surface area contributed by atoms with Gasteiger partial charge in [-0.3, -0.25) is 38.9 Å².